The van der Waals surface area contributed by atoms with Crippen molar-refractivity contribution in [2.75, 3.05) is 6.54 Å². The molecule has 20 heavy (non-hydrogen) atoms. The van der Waals surface area contributed by atoms with Crippen molar-refractivity contribution in [3.8, 4) is 0 Å². The predicted molar refractivity (Wildman–Crippen MR) is 82.1 cm³/mol. The lowest BCUT2D eigenvalue weighted by Crippen LogP contribution is -2.43. The number of nitrogens with zero attached hydrogens (tertiary/aromatic N) is 1. The number of hydrogen-bond acceptors (Lipinski definition) is 2. The molecule has 1 unspecified atom stereocenters. The number of benzene rings is 1. The summed E-state index contributed by atoms with van der Waals surface area (Å²) in [6, 6.07) is 7.19. The van der Waals surface area contributed by atoms with Crippen LogP contribution in [0.1, 0.15) is 39.2 Å². The second kappa shape index (κ2) is 5.70. The molecule has 0 aromatic heterocycles. The van der Waals surface area contributed by atoms with E-state index in [9.17, 15) is 8.42 Å². The summed E-state index contributed by atoms with van der Waals surface area (Å²) in [5.41, 5.74) is 3.57. The lowest BCUT2D eigenvalue weighted by molar-refractivity contribution is 0.309. The first-order valence-electron chi connectivity index (χ1n) is 7.10. The van der Waals surface area contributed by atoms with E-state index in [1.165, 1.54) is 11.1 Å². The van der Waals surface area contributed by atoms with Crippen LogP contribution < -0.4 is 0 Å². The number of rotatable bonds is 3. The third-order valence-electron chi connectivity index (χ3n) is 4.17. The van der Waals surface area contributed by atoms with E-state index in [2.05, 4.69) is 13.8 Å². The van der Waals surface area contributed by atoms with E-state index in [1.807, 2.05) is 26.0 Å². The summed E-state index contributed by atoms with van der Waals surface area (Å²) in [6.45, 7) is 8.66. The molecule has 1 atom stereocenters. The Morgan fingerprint density at radius 3 is 2.25 bits per heavy atom. The zero-order chi connectivity index (χ0) is 14.9. The molecule has 1 aliphatic heterocycles. The van der Waals surface area contributed by atoms with Crippen molar-refractivity contribution in [1.29, 1.82) is 0 Å². The van der Waals surface area contributed by atoms with Gasteiger partial charge in [-0.2, -0.15) is 4.31 Å². The highest BCUT2D eigenvalue weighted by molar-refractivity contribution is 7.89. The van der Waals surface area contributed by atoms with E-state index in [1.54, 1.807) is 16.4 Å². The van der Waals surface area contributed by atoms with Gasteiger partial charge in [0.15, 0.2) is 0 Å². The molecule has 3 nitrogen and oxygen atoms in total. The van der Waals surface area contributed by atoms with Gasteiger partial charge in [-0.05, 0) is 45.7 Å². The van der Waals surface area contributed by atoms with Gasteiger partial charge in [0.25, 0.3) is 0 Å². The topological polar surface area (TPSA) is 37.4 Å². The van der Waals surface area contributed by atoms with Gasteiger partial charge in [-0.1, -0.05) is 35.8 Å². The second-order valence-electron chi connectivity index (χ2n) is 5.69. The zero-order valence-electron chi connectivity index (χ0n) is 12.7. The maximum Gasteiger partial charge on any atom is 0.243 e. The van der Waals surface area contributed by atoms with E-state index in [4.69, 9.17) is 0 Å². The Morgan fingerprint density at radius 2 is 1.70 bits per heavy atom. The molecule has 0 amide bonds. The Bertz CT molecular complexity index is 614. The van der Waals surface area contributed by atoms with Crippen molar-refractivity contribution >= 4 is 10.0 Å². The fourth-order valence-electron chi connectivity index (χ4n) is 2.60. The predicted octanol–water partition coefficient (Wildman–Crippen LogP) is 3.50. The van der Waals surface area contributed by atoms with E-state index in [0.29, 0.717) is 11.4 Å². The Morgan fingerprint density at radius 1 is 1.10 bits per heavy atom. The first kappa shape index (κ1) is 15.3. The molecule has 1 heterocycles. The van der Waals surface area contributed by atoms with E-state index < -0.39 is 10.0 Å². The van der Waals surface area contributed by atoms with Crippen LogP contribution in [0.15, 0.2) is 40.3 Å². The molecule has 0 fully saturated rings. The van der Waals surface area contributed by atoms with Crippen molar-refractivity contribution in [2.24, 2.45) is 0 Å². The number of sulfonamides is 1. The molecule has 0 bridgehead atoms. The van der Waals surface area contributed by atoms with Crippen LogP contribution >= 0.6 is 0 Å². The van der Waals surface area contributed by atoms with Gasteiger partial charge < -0.3 is 0 Å². The summed E-state index contributed by atoms with van der Waals surface area (Å²) in [4.78, 5) is 0.397. The minimum Gasteiger partial charge on any atom is -0.207 e. The monoisotopic (exact) mass is 293 g/mol. The van der Waals surface area contributed by atoms with E-state index in [-0.39, 0.29) is 6.04 Å². The molecule has 0 saturated carbocycles. The molecule has 0 spiro atoms. The Labute approximate surface area is 122 Å². The molecular weight excluding hydrogens is 270 g/mol. The molecule has 0 N–H and O–H groups in total. The maximum absolute atomic E-state index is 12.8. The lowest BCUT2D eigenvalue weighted by atomic mass is 9.97. The van der Waals surface area contributed by atoms with Crippen LogP contribution in [0, 0.1) is 6.92 Å². The van der Waals surface area contributed by atoms with E-state index >= 15 is 0 Å². The van der Waals surface area contributed by atoms with Gasteiger partial charge in [-0.25, -0.2) is 8.42 Å². The normalized spacial score (nSPS) is 21.3. The Kier molecular flexibility index (Phi) is 4.35. The van der Waals surface area contributed by atoms with Gasteiger partial charge in [-0.3, -0.25) is 0 Å². The fourth-order valence-corrected chi connectivity index (χ4v) is 4.33. The zero-order valence-corrected chi connectivity index (χ0v) is 13.5. The number of hydrogen-bond donors (Lipinski definition) is 0. The summed E-state index contributed by atoms with van der Waals surface area (Å²) in [6.07, 6.45) is 1.68. The molecule has 0 aliphatic carbocycles. The van der Waals surface area contributed by atoms with Gasteiger partial charge in [0.05, 0.1) is 4.90 Å². The van der Waals surface area contributed by atoms with Crippen LogP contribution in [0.2, 0.25) is 0 Å². The van der Waals surface area contributed by atoms with Crippen molar-refractivity contribution in [2.45, 2.75) is 51.5 Å². The highest BCUT2D eigenvalue weighted by Crippen LogP contribution is 2.30. The van der Waals surface area contributed by atoms with Crippen molar-refractivity contribution in [1.82, 2.24) is 4.31 Å². The molecule has 0 saturated heterocycles. The molecule has 1 aromatic carbocycles. The standard InChI is InChI=1S/C16H23NO2S/c1-5-15-10-13(3)14(4)11-17(15)20(18,19)16-8-6-12(2)7-9-16/h6-9,15H,5,10-11H2,1-4H3. The summed E-state index contributed by atoms with van der Waals surface area (Å²) >= 11 is 0. The Hall–Kier alpha value is -1.13. The summed E-state index contributed by atoms with van der Waals surface area (Å²) in [5, 5.41) is 0. The average Bonchev–Trinajstić information content (AvgIpc) is 2.41. The van der Waals surface area contributed by atoms with Crippen LogP contribution in [-0.2, 0) is 10.0 Å². The first-order valence-corrected chi connectivity index (χ1v) is 8.54. The molecule has 4 heteroatoms. The first-order chi connectivity index (χ1) is 9.36. The lowest BCUT2D eigenvalue weighted by Gasteiger charge is -2.35. The van der Waals surface area contributed by atoms with Crippen LogP contribution in [0.25, 0.3) is 0 Å². The molecular formula is C16H23NO2S. The number of aryl methyl sites for hydroxylation is 1. The summed E-state index contributed by atoms with van der Waals surface area (Å²) in [7, 11) is -3.40. The van der Waals surface area contributed by atoms with Gasteiger partial charge in [-0.15, -0.1) is 0 Å². The third-order valence-corrected chi connectivity index (χ3v) is 6.08. The highest BCUT2D eigenvalue weighted by atomic mass is 32.2. The largest absolute Gasteiger partial charge is 0.243 e. The van der Waals surface area contributed by atoms with Crippen molar-refractivity contribution < 1.29 is 8.42 Å². The summed E-state index contributed by atoms with van der Waals surface area (Å²) in [5.74, 6) is 0. The van der Waals surface area contributed by atoms with Gasteiger partial charge in [0.1, 0.15) is 0 Å². The minimum atomic E-state index is -3.40. The second-order valence-corrected chi connectivity index (χ2v) is 7.58. The maximum atomic E-state index is 12.8. The quantitative estimate of drug-likeness (QED) is 0.800. The molecule has 110 valence electrons. The smallest absolute Gasteiger partial charge is 0.207 e. The molecule has 1 aromatic rings. The van der Waals surface area contributed by atoms with Crippen LogP contribution in [-0.4, -0.2) is 25.3 Å². The van der Waals surface area contributed by atoms with Crippen LogP contribution in [0.4, 0.5) is 0 Å². The Balaban J connectivity index is 2.40. The van der Waals surface area contributed by atoms with Gasteiger partial charge >= 0.3 is 0 Å². The fraction of sp³-hybridized carbons (Fsp3) is 0.500. The van der Waals surface area contributed by atoms with E-state index in [0.717, 1.165) is 18.4 Å². The SMILES string of the molecule is CCC1CC(C)=C(C)CN1S(=O)(=O)c1ccc(C)cc1. The molecule has 2 rings (SSSR count). The highest BCUT2D eigenvalue weighted by Gasteiger charge is 2.33. The van der Waals surface area contributed by atoms with Gasteiger partial charge in [0.2, 0.25) is 10.0 Å². The van der Waals surface area contributed by atoms with Crippen molar-refractivity contribution in [3.05, 3.63) is 41.0 Å². The minimum absolute atomic E-state index is 0.0741. The molecule has 1 aliphatic rings. The van der Waals surface area contributed by atoms with Crippen molar-refractivity contribution in [3.63, 3.8) is 0 Å². The molecule has 0 radical (unpaired) electrons. The summed E-state index contributed by atoms with van der Waals surface area (Å²) < 4.78 is 27.3. The van der Waals surface area contributed by atoms with Crippen LogP contribution in [0.3, 0.4) is 0 Å². The average molecular weight is 293 g/mol. The van der Waals surface area contributed by atoms with Crippen LogP contribution in [0.5, 0.6) is 0 Å². The third kappa shape index (κ3) is 2.81. The van der Waals surface area contributed by atoms with Gasteiger partial charge in [0, 0.05) is 12.6 Å².